The van der Waals surface area contributed by atoms with Gasteiger partial charge in [-0.1, -0.05) is 24.3 Å². The quantitative estimate of drug-likeness (QED) is 0.378. The first-order valence-electron chi connectivity index (χ1n) is 17.3. The van der Waals surface area contributed by atoms with E-state index in [0.29, 0.717) is 48.6 Å². The van der Waals surface area contributed by atoms with Crippen LogP contribution in [0.25, 0.3) is 0 Å². The Morgan fingerprint density at radius 3 is 2.56 bits per heavy atom. The van der Waals surface area contributed by atoms with Crippen LogP contribution >= 0.6 is 0 Å². The molecule has 252 valence electrons. The van der Waals surface area contributed by atoms with Crippen LogP contribution in [0.1, 0.15) is 61.6 Å². The average Bonchev–Trinajstić information content (AvgIpc) is 3.73. The Bertz CT molecular complexity index is 1880. The zero-order valence-corrected chi connectivity index (χ0v) is 27.9. The van der Waals surface area contributed by atoms with Gasteiger partial charge in [-0.25, -0.2) is 0 Å². The fourth-order valence-corrected chi connectivity index (χ4v) is 12.6. The lowest BCUT2D eigenvalue weighted by atomic mass is 9.52. The lowest BCUT2D eigenvalue weighted by Crippen LogP contribution is -2.75. The van der Waals surface area contributed by atoms with E-state index in [9.17, 15) is 19.8 Å². The smallest absolute Gasteiger partial charge is 0.308 e. The largest absolute Gasteiger partial charge is 0.506 e. The summed E-state index contributed by atoms with van der Waals surface area (Å²) in [5, 5.41) is 24.9. The van der Waals surface area contributed by atoms with Crippen LogP contribution in [0.3, 0.4) is 0 Å². The molecule has 10 rings (SSSR count). The number of carbonyl (C=O) groups is 2. The number of benzene rings is 2. The molecule has 7 aliphatic heterocycles. The number of amides is 1. The molecule has 1 aliphatic carbocycles. The number of likely N-dealkylation sites (N-methyl/N-ethyl adjacent to an activating group) is 2. The molecular formula is C37H42N4O7. The minimum absolute atomic E-state index is 0.0376. The fourth-order valence-electron chi connectivity index (χ4n) is 12.6. The van der Waals surface area contributed by atoms with Gasteiger partial charge in [0.2, 0.25) is 5.91 Å². The van der Waals surface area contributed by atoms with Crippen molar-refractivity contribution in [2.24, 2.45) is 5.41 Å². The number of aliphatic hydroxyl groups is 1. The predicted molar refractivity (Wildman–Crippen MR) is 175 cm³/mol. The topological polar surface area (TPSA) is 115 Å². The van der Waals surface area contributed by atoms with Gasteiger partial charge in [0.1, 0.15) is 5.75 Å². The molecule has 8 aliphatic rings. The van der Waals surface area contributed by atoms with Crippen LogP contribution < -0.4 is 19.3 Å². The van der Waals surface area contributed by atoms with Gasteiger partial charge in [-0.05, 0) is 69.0 Å². The molecule has 5 saturated heterocycles. The molecule has 1 amide bonds. The molecule has 2 aromatic rings. The van der Waals surface area contributed by atoms with E-state index >= 15 is 0 Å². The first-order valence-corrected chi connectivity index (χ1v) is 17.3. The zero-order valence-electron chi connectivity index (χ0n) is 27.9. The number of fused-ring (bicyclic) bond motifs is 4. The van der Waals surface area contributed by atoms with Crippen molar-refractivity contribution >= 4 is 23.3 Å². The van der Waals surface area contributed by atoms with Gasteiger partial charge in [0.25, 0.3) is 0 Å². The summed E-state index contributed by atoms with van der Waals surface area (Å²) in [6.45, 7) is 2.31. The fraction of sp³-hybridized carbons (Fsp3) is 0.568. The van der Waals surface area contributed by atoms with E-state index in [1.807, 2.05) is 13.1 Å². The second-order valence-corrected chi connectivity index (χ2v) is 15.4. The van der Waals surface area contributed by atoms with Crippen LogP contribution in [0.2, 0.25) is 0 Å². The highest BCUT2D eigenvalue weighted by atomic mass is 16.6. The molecule has 2 aromatic carbocycles. The number of ether oxygens (including phenoxy) is 3. The van der Waals surface area contributed by atoms with Crippen molar-refractivity contribution in [2.45, 2.75) is 79.3 Å². The Kier molecular flexibility index (Phi) is 5.38. The van der Waals surface area contributed by atoms with Crippen molar-refractivity contribution < 1.29 is 34.0 Å². The number of rotatable bonds is 3. The van der Waals surface area contributed by atoms with Gasteiger partial charge in [-0.3, -0.25) is 24.3 Å². The maximum Gasteiger partial charge on any atom is 0.308 e. The van der Waals surface area contributed by atoms with E-state index in [2.05, 4.69) is 40.0 Å². The number of likely N-dealkylation sites (tertiary alicyclic amines) is 1. The SMILES string of the molecule is COc1c(C23CCN(C)C4CCC(=O)N(c5c(O)cccc52)C43O)cc2c(c1OC)N(C)C1C=CC34CCCN5CCC21C53OC(=O)C4. The maximum atomic E-state index is 13.9. The van der Waals surface area contributed by atoms with Crippen LogP contribution in [0, 0.1) is 5.41 Å². The number of phenols is 1. The molecule has 7 unspecified atom stereocenters. The summed E-state index contributed by atoms with van der Waals surface area (Å²) >= 11 is 0. The molecule has 48 heavy (non-hydrogen) atoms. The van der Waals surface area contributed by atoms with Gasteiger partial charge >= 0.3 is 5.97 Å². The number of piperidine rings is 3. The van der Waals surface area contributed by atoms with E-state index in [-0.39, 0.29) is 30.1 Å². The molecule has 11 heteroatoms. The van der Waals surface area contributed by atoms with Crippen molar-refractivity contribution in [1.29, 1.82) is 0 Å². The molecule has 0 aromatic heterocycles. The highest BCUT2D eigenvalue weighted by Gasteiger charge is 2.81. The van der Waals surface area contributed by atoms with Crippen LogP contribution in [-0.2, 0) is 25.2 Å². The van der Waals surface area contributed by atoms with Crippen LogP contribution in [-0.4, -0.2) is 103 Å². The normalized spacial score (nSPS) is 40.2. The second-order valence-electron chi connectivity index (χ2n) is 15.4. The molecule has 7 heterocycles. The lowest BCUT2D eigenvalue weighted by Gasteiger charge is -2.59. The Hall–Kier alpha value is -3.80. The number of hydrogen-bond acceptors (Lipinski definition) is 10. The van der Waals surface area contributed by atoms with Gasteiger partial charge in [-0.15, -0.1) is 0 Å². The van der Waals surface area contributed by atoms with Crippen LogP contribution in [0.5, 0.6) is 17.2 Å². The number of methoxy groups -OCH3 is 2. The summed E-state index contributed by atoms with van der Waals surface area (Å²) in [7, 11) is 7.36. The molecule has 2 spiro atoms. The third kappa shape index (κ3) is 2.69. The van der Waals surface area contributed by atoms with Gasteiger partial charge in [0, 0.05) is 32.1 Å². The summed E-state index contributed by atoms with van der Waals surface area (Å²) in [6.07, 6.45) is 8.80. The summed E-state index contributed by atoms with van der Waals surface area (Å²) in [4.78, 5) is 35.7. The third-order valence-corrected chi connectivity index (χ3v) is 14.1. The lowest BCUT2D eigenvalue weighted by molar-refractivity contribution is -0.207. The first kappa shape index (κ1) is 29.1. The van der Waals surface area contributed by atoms with Crippen LogP contribution in [0.4, 0.5) is 11.4 Å². The highest BCUT2D eigenvalue weighted by molar-refractivity contribution is 6.02. The third-order valence-electron chi connectivity index (χ3n) is 14.1. The standard InChI is InChI=1S/C37H42N4O7/c1-38-17-14-34(21-7-5-8-24(42)29(21)41-27(43)10-9-26(38)36(34,41)45)23-19-22-30(32(47-4)31(23)46-3)39(2)25-11-13-33-12-6-16-40-18-15-35(22,25)37(33,40)48-28(44)20-33/h5,7-8,11,13,19,25-26,42,45H,6,9-10,12,14-18,20H2,1-4H3. The summed E-state index contributed by atoms with van der Waals surface area (Å²) in [5.41, 5.74) is -1.08. The molecule has 5 fully saturated rings. The predicted octanol–water partition coefficient (Wildman–Crippen LogP) is 2.98. The Morgan fingerprint density at radius 2 is 1.77 bits per heavy atom. The van der Waals surface area contributed by atoms with Crippen molar-refractivity contribution in [2.75, 3.05) is 57.7 Å². The monoisotopic (exact) mass is 654 g/mol. The highest BCUT2D eigenvalue weighted by Crippen LogP contribution is 2.74. The number of nitrogens with zero attached hydrogens (tertiary/aromatic N) is 4. The average molecular weight is 655 g/mol. The number of anilines is 2. The van der Waals surface area contributed by atoms with Crippen molar-refractivity contribution in [3.63, 3.8) is 0 Å². The van der Waals surface area contributed by atoms with E-state index in [1.54, 1.807) is 26.4 Å². The Labute approximate surface area is 279 Å². The summed E-state index contributed by atoms with van der Waals surface area (Å²) in [5.74, 6) is 0.642. The molecule has 2 N–H and O–H groups in total. The molecular weight excluding hydrogens is 612 g/mol. The minimum Gasteiger partial charge on any atom is -0.506 e. The van der Waals surface area contributed by atoms with Crippen molar-refractivity contribution in [1.82, 2.24) is 9.80 Å². The molecule has 7 atom stereocenters. The Morgan fingerprint density at radius 1 is 0.958 bits per heavy atom. The number of phenolic OH excluding ortho intramolecular Hbond substituents is 1. The molecule has 0 saturated carbocycles. The van der Waals surface area contributed by atoms with Gasteiger partial charge in [-0.2, -0.15) is 0 Å². The number of carbonyl (C=O) groups excluding carboxylic acids is 2. The Balaban J connectivity index is 1.33. The molecule has 0 bridgehead atoms. The van der Waals surface area contributed by atoms with E-state index < -0.39 is 33.7 Å². The van der Waals surface area contributed by atoms with Gasteiger partial charge < -0.3 is 29.3 Å². The van der Waals surface area contributed by atoms with Gasteiger partial charge in [0.05, 0.1) is 60.3 Å². The van der Waals surface area contributed by atoms with Crippen molar-refractivity contribution in [3.8, 4) is 17.2 Å². The van der Waals surface area contributed by atoms with Crippen LogP contribution in [0.15, 0.2) is 36.4 Å². The first-order chi connectivity index (χ1) is 23.1. The zero-order chi connectivity index (χ0) is 33.2. The minimum atomic E-state index is -1.72. The summed E-state index contributed by atoms with van der Waals surface area (Å²) < 4.78 is 19.4. The summed E-state index contributed by atoms with van der Waals surface area (Å²) in [6, 6.07) is 7.02. The number of esters is 1. The number of aromatic hydroxyl groups is 1. The van der Waals surface area contributed by atoms with Crippen molar-refractivity contribution in [3.05, 3.63) is 53.1 Å². The number of para-hydroxylation sites is 1. The second kappa shape index (κ2) is 8.86. The maximum absolute atomic E-state index is 13.9. The van der Waals surface area contributed by atoms with Gasteiger partial charge in [0.15, 0.2) is 22.9 Å². The molecule has 0 radical (unpaired) electrons. The van der Waals surface area contributed by atoms with E-state index in [4.69, 9.17) is 14.2 Å². The number of hydrogen-bond donors (Lipinski definition) is 2. The van der Waals surface area contributed by atoms with E-state index in [0.717, 1.165) is 49.2 Å². The van der Waals surface area contributed by atoms with E-state index in [1.165, 1.54) is 4.90 Å². The molecule has 11 nitrogen and oxygen atoms in total.